The lowest BCUT2D eigenvalue weighted by molar-refractivity contribution is -0.0873. The molecule has 2 nitrogen and oxygen atoms in total. The van der Waals surface area contributed by atoms with Crippen molar-refractivity contribution in [3.8, 4) is 0 Å². The Balaban J connectivity index is 2.02. The van der Waals surface area contributed by atoms with Gasteiger partial charge in [-0.1, -0.05) is 22.9 Å². The van der Waals surface area contributed by atoms with Crippen molar-refractivity contribution in [3.63, 3.8) is 0 Å². The van der Waals surface area contributed by atoms with Gasteiger partial charge in [-0.25, -0.2) is 0 Å². The normalized spacial score (nSPS) is 24.0. The molecular weight excluding hydrogens is 276 g/mol. The largest absolute Gasteiger partial charge is 0.376 e. The third-order valence-corrected chi connectivity index (χ3v) is 5.17. The van der Waals surface area contributed by atoms with Gasteiger partial charge >= 0.3 is 0 Å². The minimum atomic E-state index is 0.155. The molecular formula is C11H15BrO2S. The van der Waals surface area contributed by atoms with Gasteiger partial charge in [0, 0.05) is 9.75 Å². The van der Waals surface area contributed by atoms with Gasteiger partial charge in [0.2, 0.25) is 0 Å². The maximum atomic E-state index is 5.67. The summed E-state index contributed by atoms with van der Waals surface area (Å²) >= 11 is 5.55. The molecule has 2 rings (SSSR count). The van der Waals surface area contributed by atoms with Gasteiger partial charge in [0.15, 0.2) is 0 Å². The van der Waals surface area contributed by atoms with Gasteiger partial charge in [-0.15, -0.1) is 11.3 Å². The fourth-order valence-corrected chi connectivity index (χ4v) is 3.31. The van der Waals surface area contributed by atoms with Gasteiger partial charge < -0.3 is 9.47 Å². The molecule has 2 unspecified atom stereocenters. The molecule has 4 heteroatoms. The van der Waals surface area contributed by atoms with Crippen LogP contribution >= 0.6 is 27.3 Å². The van der Waals surface area contributed by atoms with Gasteiger partial charge in [0.1, 0.15) is 0 Å². The maximum Gasteiger partial charge on any atom is 0.0983 e. The predicted octanol–water partition coefficient (Wildman–Crippen LogP) is 3.16. The molecule has 84 valence electrons. The first kappa shape index (κ1) is 11.6. The van der Waals surface area contributed by atoms with E-state index in [9.17, 15) is 0 Å². The first-order valence-electron chi connectivity index (χ1n) is 5.23. The Morgan fingerprint density at radius 2 is 2.40 bits per heavy atom. The van der Waals surface area contributed by atoms with Gasteiger partial charge in [-0.3, -0.25) is 0 Å². The molecule has 2 heterocycles. The van der Waals surface area contributed by atoms with Crippen LogP contribution in [0.5, 0.6) is 0 Å². The molecule has 1 fully saturated rings. The van der Waals surface area contributed by atoms with Crippen LogP contribution in [0.1, 0.15) is 21.5 Å². The van der Waals surface area contributed by atoms with E-state index in [1.807, 2.05) is 11.3 Å². The Kier molecular flexibility index (Phi) is 4.20. The summed E-state index contributed by atoms with van der Waals surface area (Å²) in [5, 5.41) is 0. The van der Waals surface area contributed by atoms with Gasteiger partial charge in [0.05, 0.1) is 30.8 Å². The number of hydrogen-bond donors (Lipinski definition) is 0. The monoisotopic (exact) mass is 290 g/mol. The summed E-state index contributed by atoms with van der Waals surface area (Å²) in [5.41, 5.74) is 0. The highest BCUT2D eigenvalue weighted by Crippen LogP contribution is 2.34. The van der Waals surface area contributed by atoms with Gasteiger partial charge in [0.25, 0.3) is 0 Å². The van der Waals surface area contributed by atoms with Gasteiger partial charge in [-0.2, -0.15) is 0 Å². The Labute approximate surface area is 103 Å². The fraction of sp³-hybridized carbons (Fsp3) is 0.636. The zero-order chi connectivity index (χ0) is 10.7. The summed E-state index contributed by atoms with van der Waals surface area (Å²) in [6.45, 7) is 4.30. The lowest BCUT2D eigenvalue weighted by Gasteiger charge is -2.26. The second kappa shape index (κ2) is 5.43. The van der Waals surface area contributed by atoms with Crippen molar-refractivity contribution in [1.29, 1.82) is 0 Å². The first-order chi connectivity index (χ1) is 7.31. The van der Waals surface area contributed by atoms with Crippen molar-refractivity contribution in [2.24, 2.45) is 0 Å². The lowest BCUT2D eigenvalue weighted by Crippen LogP contribution is -2.31. The smallest absolute Gasteiger partial charge is 0.0983 e. The van der Waals surface area contributed by atoms with Crippen LogP contribution in [0.15, 0.2) is 12.1 Å². The van der Waals surface area contributed by atoms with E-state index in [2.05, 4.69) is 35.0 Å². The van der Waals surface area contributed by atoms with Crippen LogP contribution in [0.25, 0.3) is 0 Å². The topological polar surface area (TPSA) is 18.5 Å². The molecule has 0 bridgehead atoms. The Bertz CT molecular complexity index is 307. The van der Waals surface area contributed by atoms with E-state index < -0.39 is 0 Å². The summed E-state index contributed by atoms with van der Waals surface area (Å²) < 4.78 is 11.1. The minimum absolute atomic E-state index is 0.155. The van der Waals surface area contributed by atoms with Crippen LogP contribution in [0.4, 0.5) is 0 Å². The molecule has 2 atom stereocenters. The molecule has 0 aliphatic carbocycles. The highest BCUT2D eigenvalue weighted by molar-refractivity contribution is 9.09. The Morgan fingerprint density at radius 3 is 3.00 bits per heavy atom. The van der Waals surface area contributed by atoms with Gasteiger partial charge in [-0.05, 0) is 18.6 Å². The van der Waals surface area contributed by atoms with Crippen molar-refractivity contribution >= 4 is 27.3 Å². The number of rotatable bonds is 3. The van der Waals surface area contributed by atoms with Crippen LogP contribution in [0, 0.1) is 0 Å². The third-order valence-electron chi connectivity index (χ3n) is 2.47. The number of aryl methyl sites for hydroxylation is 1. The van der Waals surface area contributed by atoms with Crippen molar-refractivity contribution in [2.75, 3.05) is 19.8 Å². The van der Waals surface area contributed by atoms with Crippen molar-refractivity contribution in [3.05, 3.63) is 21.9 Å². The quantitative estimate of drug-likeness (QED) is 0.796. The second-order valence-electron chi connectivity index (χ2n) is 3.54. The number of ether oxygens (including phenoxy) is 2. The zero-order valence-electron chi connectivity index (χ0n) is 8.74. The van der Waals surface area contributed by atoms with E-state index in [0.717, 1.165) is 13.0 Å². The van der Waals surface area contributed by atoms with E-state index in [1.54, 1.807) is 0 Å². The highest BCUT2D eigenvalue weighted by atomic mass is 79.9. The van der Waals surface area contributed by atoms with E-state index >= 15 is 0 Å². The average molecular weight is 291 g/mol. The molecule has 1 aromatic rings. The fourth-order valence-electron chi connectivity index (χ4n) is 1.59. The lowest BCUT2D eigenvalue weighted by atomic mass is 10.2. The second-order valence-corrected chi connectivity index (χ2v) is 5.73. The molecule has 15 heavy (non-hydrogen) atoms. The Morgan fingerprint density at radius 1 is 1.53 bits per heavy atom. The predicted molar refractivity (Wildman–Crippen MR) is 65.9 cm³/mol. The molecule has 1 aromatic heterocycles. The molecule has 1 aliphatic rings. The van der Waals surface area contributed by atoms with Crippen LogP contribution in [-0.4, -0.2) is 25.9 Å². The third kappa shape index (κ3) is 2.81. The van der Waals surface area contributed by atoms with E-state index in [1.165, 1.54) is 9.75 Å². The highest BCUT2D eigenvalue weighted by Gasteiger charge is 2.25. The number of thiophene rings is 1. The zero-order valence-corrected chi connectivity index (χ0v) is 11.1. The van der Waals surface area contributed by atoms with E-state index in [-0.39, 0.29) is 10.9 Å². The molecule has 0 radical (unpaired) electrons. The number of hydrogen-bond acceptors (Lipinski definition) is 3. The molecule has 1 aliphatic heterocycles. The molecule has 0 saturated carbocycles. The molecule has 1 saturated heterocycles. The van der Waals surface area contributed by atoms with E-state index in [0.29, 0.717) is 13.2 Å². The average Bonchev–Trinajstić information content (AvgIpc) is 2.78. The first-order valence-corrected chi connectivity index (χ1v) is 6.96. The summed E-state index contributed by atoms with van der Waals surface area (Å²) in [4.78, 5) is 3.02. The Hall–Kier alpha value is 0.1000. The standard InChI is InChI=1S/C11H15BrO2S/c1-2-8-3-4-10(15-8)11(12)9-7-13-5-6-14-9/h3-4,9,11H,2,5-7H2,1H3. The summed E-state index contributed by atoms with van der Waals surface area (Å²) in [6.07, 6.45) is 1.26. The summed E-state index contributed by atoms with van der Waals surface area (Å²) in [5.74, 6) is 0. The van der Waals surface area contributed by atoms with Crippen molar-refractivity contribution in [2.45, 2.75) is 24.3 Å². The van der Waals surface area contributed by atoms with Crippen molar-refractivity contribution < 1.29 is 9.47 Å². The van der Waals surface area contributed by atoms with Crippen LogP contribution in [0.3, 0.4) is 0 Å². The molecule has 0 spiro atoms. The molecule has 0 amide bonds. The number of alkyl halides is 1. The molecule has 0 N–H and O–H groups in total. The maximum absolute atomic E-state index is 5.67. The van der Waals surface area contributed by atoms with E-state index in [4.69, 9.17) is 9.47 Å². The van der Waals surface area contributed by atoms with Crippen LogP contribution < -0.4 is 0 Å². The number of halogens is 1. The molecule has 0 aromatic carbocycles. The van der Waals surface area contributed by atoms with Crippen molar-refractivity contribution in [1.82, 2.24) is 0 Å². The van der Waals surface area contributed by atoms with Crippen LogP contribution in [-0.2, 0) is 15.9 Å². The summed E-state index contributed by atoms with van der Waals surface area (Å²) in [6, 6.07) is 4.37. The van der Waals surface area contributed by atoms with Crippen LogP contribution in [0.2, 0.25) is 0 Å². The minimum Gasteiger partial charge on any atom is -0.376 e. The summed E-state index contributed by atoms with van der Waals surface area (Å²) in [7, 11) is 0. The SMILES string of the molecule is CCc1ccc(C(Br)C2COCCO2)s1.